The Morgan fingerprint density at radius 2 is 1.88 bits per heavy atom. The standard InChI is InChI=1S/C13H29N3/c1-4-13(3)16-7-5-6-15(8-9-16)11-12(2)10-14/h12-13H,4-11,14H2,1-3H3. The van der Waals surface area contributed by atoms with Gasteiger partial charge < -0.3 is 10.6 Å². The molecule has 0 saturated carbocycles. The van der Waals surface area contributed by atoms with Crippen LogP contribution in [-0.2, 0) is 0 Å². The van der Waals surface area contributed by atoms with Gasteiger partial charge in [0, 0.05) is 25.7 Å². The Morgan fingerprint density at radius 3 is 2.50 bits per heavy atom. The van der Waals surface area contributed by atoms with Crippen LogP contribution in [0.1, 0.15) is 33.6 Å². The smallest absolute Gasteiger partial charge is 0.0112 e. The van der Waals surface area contributed by atoms with Crippen molar-refractivity contribution in [2.24, 2.45) is 11.7 Å². The summed E-state index contributed by atoms with van der Waals surface area (Å²) in [6.45, 7) is 13.8. The van der Waals surface area contributed by atoms with Crippen molar-refractivity contribution in [3.63, 3.8) is 0 Å². The Morgan fingerprint density at radius 1 is 1.12 bits per heavy atom. The molecule has 0 bridgehead atoms. The number of hydrogen-bond acceptors (Lipinski definition) is 3. The van der Waals surface area contributed by atoms with Crippen LogP contribution in [0.5, 0.6) is 0 Å². The van der Waals surface area contributed by atoms with E-state index in [1.54, 1.807) is 0 Å². The molecule has 0 aliphatic carbocycles. The normalized spacial score (nSPS) is 24.0. The molecule has 2 atom stereocenters. The summed E-state index contributed by atoms with van der Waals surface area (Å²) in [5.41, 5.74) is 5.69. The summed E-state index contributed by atoms with van der Waals surface area (Å²) in [5, 5.41) is 0. The maximum Gasteiger partial charge on any atom is 0.0112 e. The number of hydrogen-bond donors (Lipinski definition) is 1. The van der Waals surface area contributed by atoms with Gasteiger partial charge in [0.2, 0.25) is 0 Å². The van der Waals surface area contributed by atoms with Gasteiger partial charge >= 0.3 is 0 Å². The maximum absolute atomic E-state index is 5.69. The number of rotatable bonds is 5. The van der Waals surface area contributed by atoms with Crippen molar-refractivity contribution < 1.29 is 0 Å². The molecule has 1 aliphatic heterocycles. The highest BCUT2D eigenvalue weighted by Crippen LogP contribution is 2.10. The first-order valence-electron chi connectivity index (χ1n) is 6.83. The lowest BCUT2D eigenvalue weighted by Gasteiger charge is -2.27. The van der Waals surface area contributed by atoms with Gasteiger partial charge in [0.05, 0.1) is 0 Å². The van der Waals surface area contributed by atoms with Gasteiger partial charge in [0.25, 0.3) is 0 Å². The van der Waals surface area contributed by atoms with Gasteiger partial charge in [0.1, 0.15) is 0 Å². The van der Waals surface area contributed by atoms with Crippen LogP contribution in [0.4, 0.5) is 0 Å². The molecule has 3 heteroatoms. The Balaban J connectivity index is 2.34. The minimum absolute atomic E-state index is 0.634. The van der Waals surface area contributed by atoms with Crippen molar-refractivity contribution >= 4 is 0 Å². The van der Waals surface area contributed by atoms with E-state index >= 15 is 0 Å². The van der Waals surface area contributed by atoms with Crippen LogP contribution >= 0.6 is 0 Å². The molecule has 0 spiro atoms. The second kappa shape index (κ2) is 7.25. The Bertz CT molecular complexity index is 184. The molecule has 0 radical (unpaired) electrons. The molecule has 1 heterocycles. The minimum Gasteiger partial charge on any atom is -0.330 e. The van der Waals surface area contributed by atoms with Crippen LogP contribution in [0.2, 0.25) is 0 Å². The van der Waals surface area contributed by atoms with Gasteiger partial charge in [-0.1, -0.05) is 13.8 Å². The van der Waals surface area contributed by atoms with E-state index in [4.69, 9.17) is 5.73 Å². The fraction of sp³-hybridized carbons (Fsp3) is 1.00. The number of nitrogens with two attached hydrogens (primary N) is 1. The molecule has 16 heavy (non-hydrogen) atoms. The average molecular weight is 227 g/mol. The Hall–Kier alpha value is -0.120. The van der Waals surface area contributed by atoms with E-state index in [-0.39, 0.29) is 0 Å². The third-order valence-electron chi connectivity index (χ3n) is 3.81. The third-order valence-corrected chi connectivity index (χ3v) is 3.81. The predicted molar refractivity (Wildman–Crippen MR) is 70.6 cm³/mol. The van der Waals surface area contributed by atoms with Crippen molar-refractivity contribution in [1.29, 1.82) is 0 Å². The van der Waals surface area contributed by atoms with Gasteiger partial charge in [-0.3, -0.25) is 4.90 Å². The van der Waals surface area contributed by atoms with E-state index < -0.39 is 0 Å². The van der Waals surface area contributed by atoms with Gasteiger partial charge in [-0.15, -0.1) is 0 Å². The molecule has 2 unspecified atom stereocenters. The van der Waals surface area contributed by atoms with E-state index in [0.29, 0.717) is 5.92 Å². The second-order valence-corrected chi connectivity index (χ2v) is 5.29. The van der Waals surface area contributed by atoms with Crippen molar-refractivity contribution in [1.82, 2.24) is 9.80 Å². The van der Waals surface area contributed by atoms with Crippen LogP contribution in [0.25, 0.3) is 0 Å². The molecule has 3 nitrogen and oxygen atoms in total. The molecular weight excluding hydrogens is 198 g/mol. The molecule has 96 valence electrons. The molecule has 1 fully saturated rings. The highest BCUT2D eigenvalue weighted by molar-refractivity contribution is 4.74. The zero-order valence-corrected chi connectivity index (χ0v) is 11.3. The van der Waals surface area contributed by atoms with Gasteiger partial charge in [-0.2, -0.15) is 0 Å². The largest absolute Gasteiger partial charge is 0.330 e. The maximum atomic E-state index is 5.69. The molecule has 1 saturated heterocycles. The van der Waals surface area contributed by atoms with E-state index in [9.17, 15) is 0 Å². The summed E-state index contributed by atoms with van der Waals surface area (Å²) in [4.78, 5) is 5.22. The first-order chi connectivity index (χ1) is 7.67. The lowest BCUT2D eigenvalue weighted by atomic mass is 10.1. The van der Waals surface area contributed by atoms with Gasteiger partial charge in [-0.05, 0) is 45.3 Å². The zero-order valence-electron chi connectivity index (χ0n) is 11.3. The quantitative estimate of drug-likeness (QED) is 0.770. The molecule has 0 aromatic carbocycles. The van der Waals surface area contributed by atoms with E-state index in [1.807, 2.05) is 0 Å². The highest BCUT2D eigenvalue weighted by atomic mass is 15.2. The summed E-state index contributed by atoms with van der Waals surface area (Å²) >= 11 is 0. The lowest BCUT2D eigenvalue weighted by Crippen LogP contribution is -2.38. The third kappa shape index (κ3) is 4.40. The monoisotopic (exact) mass is 227 g/mol. The molecular formula is C13H29N3. The first-order valence-corrected chi connectivity index (χ1v) is 6.83. The molecule has 1 rings (SSSR count). The van der Waals surface area contributed by atoms with Crippen LogP contribution in [0, 0.1) is 5.92 Å². The summed E-state index contributed by atoms with van der Waals surface area (Å²) < 4.78 is 0. The molecule has 2 N–H and O–H groups in total. The van der Waals surface area contributed by atoms with Crippen molar-refractivity contribution in [3.05, 3.63) is 0 Å². The fourth-order valence-corrected chi connectivity index (χ4v) is 2.39. The molecule has 0 aromatic heterocycles. The molecule has 0 aromatic rings. The first kappa shape index (κ1) is 13.9. The van der Waals surface area contributed by atoms with Gasteiger partial charge in [-0.25, -0.2) is 0 Å². The average Bonchev–Trinajstić information content (AvgIpc) is 2.53. The van der Waals surface area contributed by atoms with Crippen molar-refractivity contribution in [2.75, 3.05) is 39.3 Å². The van der Waals surface area contributed by atoms with Crippen molar-refractivity contribution in [2.45, 2.75) is 39.7 Å². The summed E-state index contributed by atoms with van der Waals surface area (Å²) in [5.74, 6) is 0.634. The van der Waals surface area contributed by atoms with Crippen LogP contribution < -0.4 is 5.73 Å². The molecule has 0 amide bonds. The van der Waals surface area contributed by atoms with E-state index in [1.165, 1.54) is 45.6 Å². The second-order valence-electron chi connectivity index (χ2n) is 5.29. The molecule has 1 aliphatic rings. The van der Waals surface area contributed by atoms with Crippen LogP contribution in [-0.4, -0.2) is 55.1 Å². The van der Waals surface area contributed by atoms with E-state index in [2.05, 4.69) is 30.6 Å². The topological polar surface area (TPSA) is 32.5 Å². The van der Waals surface area contributed by atoms with Gasteiger partial charge in [0.15, 0.2) is 0 Å². The highest BCUT2D eigenvalue weighted by Gasteiger charge is 2.18. The fourth-order valence-electron chi connectivity index (χ4n) is 2.39. The Labute approximate surface area is 101 Å². The minimum atomic E-state index is 0.634. The van der Waals surface area contributed by atoms with Crippen molar-refractivity contribution in [3.8, 4) is 0 Å². The summed E-state index contributed by atoms with van der Waals surface area (Å²) in [6.07, 6.45) is 2.57. The van der Waals surface area contributed by atoms with Crippen LogP contribution in [0.15, 0.2) is 0 Å². The summed E-state index contributed by atoms with van der Waals surface area (Å²) in [7, 11) is 0. The van der Waals surface area contributed by atoms with Crippen LogP contribution in [0.3, 0.4) is 0 Å². The van der Waals surface area contributed by atoms with E-state index in [0.717, 1.165) is 12.6 Å². The number of nitrogens with zero attached hydrogens (tertiary/aromatic N) is 2. The summed E-state index contributed by atoms with van der Waals surface area (Å²) in [6, 6.07) is 0.742. The zero-order chi connectivity index (χ0) is 12.0. The predicted octanol–water partition coefficient (Wildman–Crippen LogP) is 1.39. The Kier molecular flexibility index (Phi) is 6.32. The lowest BCUT2D eigenvalue weighted by molar-refractivity contribution is 0.199. The SMILES string of the molecule is CCC(C)N1CCCN(CC(C)CN)CC1.